The van der Waals surface area contributed by atoms with E-state index in [1.165, 1.54) is 0 Å². The molecule has 0 radical (unpaired) electrons. The average molecular weight is 313 g/mol. The van der Waals surface area contributed by atoms with Gasteiger partial charge in [-0.25, -0.2) is 8.78 Å². The minimum Gasteiger partial charge on any atom is -0.384 e. The van der Waals surface area contributed by atoms with Gasteiger partial charge < -0.3 is 5.11 Å². The van der Waals surface area contributed by atoms with Gasteiger partial charge in [0.05, 0.1) is 0 Å². The van der Waals surface area contributed by atoms with Gasteiger partial charge in [0, 0.05) is 10.0 Å². The van der Waals surface area contributed by atoms with E-state index in [-0.39, 0.29) is 5.56 Å². The first-order chi connectivity index (χ1) is 8.49. The lowest BCUT2D eigenvalue weighted by Gasteiger charge is -2.13. The molecule has 0 spiro atoms. The van der Waals surface area contributed by atoms with Gasteiger partial charge in [0.2, 0.25) is 0 Å². The van der Waals surface area contributed by atoms with Gasteiger partial charge in [0.15, 0.2) is 0 Å². The van der Waals surface area contributed by atoms with Crippen LogP contribution in [0.2, 0.25) is 0 Å². The molecule has 1 N–H and O–H groups in total. The van der Waals surface area contributed by atoms with E-state index in [4.69, 9.17) is 0 Å². The molecule has 0 saturated carbocycles. The van der Waals surface area contributed by atoms with Gasteiger partial charge in [-0.3, -0.25) is 0 Å². The van der Waals surface area contributed by atoms with Crippen molar-refractivity contribution in [3.8, 4) is 0 Å². The van der Waals surface area contributed by atoms with E-state index in [9.17, 15) is 13.9 Å². The van der Waals surface area contributed by atoms with E-state index in [0.29, 0.717) is 5.56 Å². The van der Waals surface area contributed by atoms with E-state index < -0.39 is 17.7 Å². The van der Waals surface area contributed by atoms with Crippen molar-refractivity contribution in [2.75, 3.05) is 0 Å². The number of hydrogen-bond donors (Lipinski definition) is 1. The van der Waals surface area contributed by atoms with Crippen LogP contribution in [0.3, 0.4) is 0 Å². The number of benzene rings is 2. The van der Waals surface area contributed by atoms with Crippen LogP contribution >= 0.6 is 15.9 Å². The van der Waals surface area contributed by atoms with Gasteiger partial charge in [-0.2, -0.15) is 0 Å². The summed E-state index contributed by atoms with van der Waals surface area (Å²) in [5.41, 5.74) is 1.45. The van der Waals surface area contributed by atoms with Crippen LogP contribution in [0.4, 0.5) is 8.78 Å². The molecule has 2 aromatic rings. The fraction of sp³-hybridized carbons (Fsp3) is 0.143. The van der Waals surface area contributed by atoms with Crippen LogP contribution < -0.4 is 0 Å². The Balaban J connectivity index is 2.44. The molecule has 2 rings (SSSR count). The first-order valence-electron chi connectivity index (χ1n) is 5.38. The molecule has 0 aliphatic rings. The Labute approximate surface area is 112 Å². The highest BCUT2D eigenvalue weighted by Gasteiger charge is 2.16. The van der Waals surface area contributed by atoms with Gasteiger partial charge in [-0.05, 0) is 42.3 Å². The summed E-state index contributed by atoms with van der Waals surface area (Å²) in [6.07, 6.45) is -1.18. The van der Waals surface area contributed by atoms with Crippen LogP contribution in [0.25, 0.3) is 0 Å². The zero-order chi connectivity index (χ0) is 13.3. The Kier molecular flexibility index (Phi) is 3.78. The Morgan fingerprint density at radius 2 is 1.83 bits per heavy atom. The van der Waals surface area contributed by atoms with Gasteiger partial charge in [-0.1, -0.05) is 28.1 Å². The Morgan fingerprint density at radius 1 is 1.11 bits per heavy atom. The lowest BCUT2D eigenvalue weighted by molar-refractivity contribution is 0.214. The summed E-state index contributed by atoms with van der Waals surface area (Å²) in [7, 11) is 0. The van der Waals surface area contributed by atoms with Crippen LogP contribution in [0, 0.1) is 18.6 Å². The first-order valence-corrected chi connectivity index (χ1v) is 6.17. The molecule has 0 fully saturated rings. The van der Waals surface area contributed by atoms with E-state index in [1.54, 1.807) is 18.2 Å². The summed E-state index contributed by atoms with van der Waals surface area (Å²) in [5.74, 6) is -1.20. The molecule has 2 aromatic carbocycles. The summed E-state index contributed by atoms with van der Waals surface area (Å²) in [4.78, 5) is 0. The maximum atomic E-state index is 13.5. The maximum Gasteiger partial charge on any atom is 0.129 e. The molecule has 1 unspecified atom stereocenters. The second-order valence-electron chi connectivity index (χ2n) is 4.08. The molecule has 1 nitrogen and oxygen atoms in total. The van der Waals surface area contributed by atoms with Gasteiger partial charge in [0.1, 0.15) is 17.7 Å². The van der Waals surface area contributed by atoms with Crippen molar-refractivity contribution in [1.82, 2.24) is 0 Å². The molecule has 0 heterocycles. The molecule has 0 aliphatic carbocycles. The van der Waals surface area contributed by atoms with Crippen LogP contribution in [-0.2, 0) is 0 Å². The van der Waals surface area contributed by atoms with E-state index in [2.05, 4.69) is 15.9 Å². The Morgan fingerprint density at radius 3 is 2.50 bits per heavy atom. The van der Waals surface area contributed by atoms with Crippen molar-refractivity contribution < 1.29 is 13.9 Å². The minimum absolute atomic E-state index is 0.0641. The Hall–Kier alpha value is -1.26. The number of halogens is 3. The van der Waals surface area contributed by atoms with Crippen molar-refractivity contribution >= 4 is 15.9 Å². The maximum absolute atomic E-state index is 13.5. The molecule has 18 heavy (non-hydrogen) atoms. The van der Waals surface area contributed by atoms with Crippen molar-refractivity contribution in [3.63, 3.8) is 0 Å². The third-order valence-corrected chi connectivity index (χ3v) is 3.62. The highest BCUT2D eigenvalue weighted by Crippen LogP contribution is 2.28. The molecule has 1 atom stereocenters. The van der Waals surface area contributed by atoms with Crippen molar-refractivity contribution in [2.24, 2.45) is 0 Å². The standard InChI is InChI=1S/C14H11BrF2O/c1-8-2-3-9(6-12(8)15)14(18)11-7-10(16)4-5-13(11)17/h2-7,14,18H,1H3. The largest absolute Gasteiger partial charge is 0.384 e. The first kappa shape index (κ1) is 13.2. The SMILES string of the molecule is Cc1ccc(C(O)c2cc(F)ccc2F)cc1Br. The highest BCUT2D eigenvalue weighted by molar-refractivity contribution is 9.10. The third-order valence-electron chi connectivity index (χ3n) is 2.76. The molecule has 0 bridgehead atoms. The minimum atomic E-state index is -1.18. The number of aryl methyl sites for hydroxylation is 1. The Bertz CT molecular complexity index is 584. The van der Waals surface area contributed by atoms with Gasteiger partial charge in [-0.15, -0.1) is 0 Å². The number of aliphatic hydroxyl groups excluding tert-OH is 1. The summed E-state index contributed by atoms with van der Waals surface area (Å²) < 4.78 is 27.4. The summed E-state index contributed by atoms with van der Waals surface area (Å²) in [5, 5.41) is 10.1. The van der Waals surface area contributed by atoms with Crippen molar-refractivity contribution in [2.45, 2.75) is 13.0 Å². The summed E-state index contributed by atoms with van der Waals surface area (Å²) in [6.45, 7) is 1.91. The lowest BCUT2D eigenvalue weighted by atomic mass is 10.00. The van der Waals surface area contributed by atoms with E-state index >= 15 is 0 Å². The van der Waals surface area contributed by atoms with Gasteiger partial charge in [0.25, 0.3) is 0 Å². The quantitative estimate of drug-likeness (QED) is 0.884. The topological polar surface area (TPSA) is 20.2 Å². The van der Waals surface area contributed by atoms with E-state index in [0.717, 1.165) is 28.2 Å². The normalized spacial score (nSPS) is 12.5. The van der Waals surface area contributed by atoms with Gasteiger partial charge >= 0.3 is 0 Å². The monoisotopic (exact) mass is 312 g/mol. The second-order valence-corrected chi connectivity index (χ2v) is 4.93. The predicted molar refractivity (Wildman–Crippen MR) is 69.3 cm³/mol. The molecular formula is C14H11BrF2O. The zero-order valence-electron chi connectivity index (χ0n) is 9.62. The fourth-order valence-electron chi connectivity index (χ4n) is 1.68. The van der Waals surface area contributed by atoms with E-state index in [1.807, 2.05) is 6.92 Å². The molecule has 0 saturated heterocycles. The fourth-order valence-corrected chi connectivity index (χ4v) is 2.08. The average Bonchev–Trinajstić information content (AvgIpc) is 2.35. The molecule has 94 valence electrons. The number of aliphatic hydroxyl groups is 1. The van der Waals surface area contributed by atoms with Crippen LogP contribution in [0.15, 0.2) is 40.9 Å². The number of hydrogen-bond acceptors (Lipinski definition) is 1. The predicted octanol–water partition coefficient (Wildman–Crippen LogP) is 4.12. The zero-order valence-corrected chi connectivity index (χ0v) is 11.2. The summed E-state index contributed by atoms with van der Waals surface area (Å²) >= 11 is 3.34. The molecule has 4 heteroatoms. The van der Waals surface area contributed by atoms with Crippen LogP contribution in [0.1, 0.15) is 22.8 Å². The third kappa shape index (κ3) is 2.60. The van der Waals surface area contributed by atoms with Crippen molar-refractivity contribution in [3.05, 3.63) is 69.2 Å². The summed E-state index contributed by atoms with van der Waals surface area (Å²) in [6, 6.07) is 8.24. The molecular weight excluding hydrogens is 302 g/mol. The van der Waals surface area contributed by atoms with Crippen LogP contribution in [-0.4, -0.2) is 5.11 Å². The van der Waals surface area contributed by atoms with Crippen molar-refractivity contribution in [1.29, 1.82) is 0 Å². The smallest absolute Gasteiger partial charge is 0.129 e. The molecule has 0 aromatic heterocycles. The highest BCUT2D eigenvalue weighted by atomic mass is 79.9. The number of rotatable bonds is 2. The van der Waals surface area contributed by atoms with Crippen LogP contribution in [0.5, 0.6) is 0 Å². The molecule has 0 aliphatic heterocycles. The molecule has 0 amide bonds. The lowest BCUT2D eigenvalue weighted by Crippen LogP contribution is -2.03. The second kappa shape index (κ2) is 5.16.